The predicted octanol–water partition coefficient (Wildman–Crippen LogP) is 10.7. The Balaban J connectivity index is 1.56. The van der Waals surface area contributed by atoms with E-state index in [1.54, 1.807) is 37.5 Å². The molecule has 1 aromatic rings. The summed E-state index contributed by atoms with van der Waals surface area (Å²) >= 11 is 0. The van der Waals surface area contributed by atoms with Gasteiger partial charge >= 0.3 is 0 Å². The van der Waals surface area contributed by atoms with E-state index in [0.29, 0.717) is 37.6 Å². The van der Waals surface area contributed by atoms with Crippen LogP contribution in [0.5, 0.6) is 0 Å². The summed E-state index contributed by atoms with van der Waals surface area (Å²) in [5, 5.41) is 0.0161. The van der Waals surface area contributed by atoms with E-state index in [0.717, 1.165) is 36.8 Å². The first-order valence-electron chi connectivity index (χ1n) is 22.2. The first kappa shape index (κ1) is 50.9. The third-order valence-corrected chi connectivity index (χ3v) is 24.7. The summed E-state index contributed by atoms with van der Waals surface area (Å²) in [5.41, 5.74) is 2.12. The molecule has 3 aliphatic heterocycles. The van der Waals surface area contributed by atoms with E-state index in [2.05, 4.69) is 100 Å². The monoisotopic (exact) mass is 889 g/mol. The van der Waals surface area contributed by atoms with Gasteiger partial charge in [0.2, 0.25) is 0 Å². The molecule has 12 heteroatoms. The number of sulfone groups is 1. The molecule has 10 atom stereocenters. The Morgan fingerprint density at radius 2 is 1.57 bits per heavy atom. The van der Waals surface area contributed by atoms with E-state index in [4.69, 9.17) is 32.5 Å². The van der Waals surface area contributed by atoms with Gasteiger partial charge in [-0.1, -0.05) is 98.1 Å². The van der Waals surface area contributed by atoms with Crippen LogP contribution in [0.1, 0.15) is 87.0 Å². The first-order valence-corrected chi connectivity index (χ1v) is 29.7. The van der Waals surface area contributed by atoms with Gasteiger partial charge in [0.05, 0.1) is 79.3 Å². The van der Waals surface area contributed by atoms with Crippen LogP contribution in [-0.4, -0.2) is 107 Å². The molecule has 3 saturated heterocycles. The van der Waals surface area contributed by atoms with Gasteiger partial charge < -0.3 is 32.5 Å². The smallest absolute Gasteiger partial charge is 0.192 e. The first-order chi connectivity index (χ1) is 27.9. The van der Waals surface area contributed by atoms with Gasteiger partial charge in [-0.3, -0.25) is 0 Å². The Kier molecular flexibility index (Phi) is 18.1. The van der Waals surface area contributed by atoms with Crippen molar-refractivity contribution in [2.24, 2.45) is 11.8 Å². The molecular weight excluding hydrogens is 809 g/mol. The number of benzene rings is 1. The van der Waals surface area contributed by atoms with Crippen LogP contribution in [0.3, 0.4) is 0 Å². The molecule has 0 aromatic heterocycles. The number of hydrogen-bond acceptors (Lipinski definition) is 9. The van der Waals surface area contributed by atoms with Gasteiger partial charge in [0.15, 0.2) is 26.5 Å². The predicted molar refractivity (Wildman–Crippen MR) is 249 cm³/mol. The highest BCUT2D eigenvalue weighted by molar-refractivity contribution is 7.91. The van der Waals surface area contributed by atoms with Crippen molar-refractivity contribution in [2.45, 2.75) is 177 Å². The van der Waals surface area contributed by atoms with E-state index < -0.39 is 50.7 Å². The number of ether oxygens (including phenoxy) is 5. The van der Waals surface area contributed by atoms with Crippen molar-refractivity contribution in [3.63, 3.8) is 0 Å². The van der Waals surface area contributed by atoms with E-state index in [9.17, 15) is 8.42 Å². The molecule has 3 aliphatic rings. The quantitative estimate of drug-likeness (QED) is 0.0679. The summed E-state index contributed by atoms with van der Waals surface area (Å²) in [4.78, 5) is 0.297. The van der Waals surface area contributed by atoms with Gasteiger partial charge in [-0.25, -0.2) is 8.42 Å². The standard InChI is InChI=1S/C48H80O9SSi2/c1-16-26-52-27-20-21-37-29-35(3)42(54-37)25-24-38-28-34(2)36(4)43(55-38)31-44-41(33-58(49,50)40-22-18-17-19-23-40)46(51-11)45(56-44)30-39(57-60(14,15)48(8,9)10)32-53-59(12,13)47(5,6)7/h16-23,34,37-39,41-46H,1,3-4,24-33H2,2,5-15H3/b21-20+/t34-,37+,38+,39+,41+,42+,43-,44+,45?,46-/m1/s1. The zero-order chi connectivity index (χ0) is 44.7. The summed E-state index contributed by atoms with van der Waals surface area (Å²) in [5.74, 6) is -0.334. The second-order valence-corrected chi connectivity index (χ2v) is 32.1. The minimum Gasteiger partial charge on any atom is -0.414 e. The average Bonchev–Trinajstić information content (AvgIpc) is 3.67. The SMILES string of the molecule is C=CCOC/C=C/[C@H]1CC(=C)[C@H](CC[C@H]2C[C@@H](C)C(=C)[C@@H](C[C@@H]3OC(C[C@@H](CO[Si](C)(C)C(C)(C)C)O[Si](C)(C)C(C)(C)C)[C@H](OC)[C@H]3CS(=O)(=O)c3ccccc3)O2)O1. The maximum atomic E-state index is 14.1. The Morgan fingerprint density at radius 1 is 0.900 bits per heavy atom. The van der Waals surface area contributed by atoms with Crippen LogP contribution < -0.4 is 0 Å². The maximum Gasteiger partial charge on any atom is 0.192 e. The largest absolute Gasteiger partial charge is 0.414 e. The molecule has 0 spiro atoms. The molecule has 0 amide bonds. The fourth-order valence-electron chi connectivity index (χ4n) is 8.07. The van der Waals surface area contributed by atoms with E-state index in [1.165, 1.54) is 0 Å². The summed E-state index contributed by atoms with van der Waals surface area (Å²) in [7, 11) is -6.37. The van der Waals surface area contributed by atoms with Crippen LogP contribution in [0.15, 0.2) is 84.3 Å². The molecule has 3 fully saturated rings. The lowest BCUT2D eigenvalue weighted by Gasteiger charge is -2.42. The lowest BCUT2D eigenvalue weighted by Crippen LogP contribution is -2.49. The number of hydrogen-bond donors (Lipinski definition) is 0. The summed E-state index contributed by atoms with van der Waals surface area (Å²) < 4.78 is 74.3. The molecule has 9 nitrogen and oxygen atoms in total. The summed E-state index contributed by atoms with van der Waals surface area (Å²) in [6.45, 7) is 38.8. The minimum absolute atomic E-state index is 0.00873. The molecule has 1 unspecified atom stereocenters. The highest BCUT2D eigenvalue weighted by Crippen LogP contribution is 2.44. The van der Waals surface area contributed by atoms with Crippen molar-refractivity contribution < 1.29 is 41.0 Å². The molecule has 0 N–H and O–H groups in total. The normalized spacial score (nSPS) is 29.1. The Hall–Kier alpha value is -1.72. The van der Waals surface area contributed by atoms with E-state index in [-0.39, 0.29) is 52.3 Å². The lowest BCUT2D eigenvalue weighted by molar-refractivity contribution is -0.0777. The molecule has 0 radical (unpaired) electrons. The zero-order valence-corrected chi connectivity index (χ0v) is 42.0. The number of methoxy groups -OCH3 is 1. The van der Waals surface area contributed by atoms with Gasteiger partial charge in [0.1, 0.15) is 0 Å². The fraction of sp³-hybridized carbons (Fsp3) is 0.708. The third-order valence-electron chi connectivity index (χ3n) is 13.9. The van der Waals surface area contributed by atoms with Crippen LogP contribution in [0, 0.1) is 11.8 Å². The van der Waals surface area contributed by atoms with Crippen molar-refractivity contribution in [3.05, 3.63) is 79.4 Å². The van der Waals surface area contributed by atoms with Gasteiger partial charge in [0, 0.05) is 32.3 Å². The minimum atomic E-state index is -3.68. The third kappa shape index (κ3) is 13.6. The highest BCUT2D eigenvalue weighted by atomic mass is 32.2. The Bertz CT molecular complexity index is 1700. The Labute approximate surface area is 366 Å². The highest BCUT2D eigenvalue weighted by Gasteiger charge is 2.50. The van der Waals surface area contributed by atoms with Crippen molar-refractivity contribution >= 4 is 26.5 Å². The van der Waals surface area contributed by atoms with Gasteiger partial charge in [-0.05, 0) is 84.7 Å². The molecule has 0 saturated carbocycles. The second-order valence-electron chi connectivity index (χ2n) is 20.5. The van der Waals surface area contributed by atoms with Crippen LogP contribution in [0.4, 0.5) is 0 Å². The summed E-state index contributed by atoms with van der Waals surface area (Å²) in [6, 6.07) is 8.70. The molecule has 60 heavy (non-hydrogen) atoms. The fourth-order valence-corrected chi connectivity index (χ4v) is 12.1. The van der Waals surface area contributed by atoms with Crippen molar-refractivity contribution in [3.8, 4) is 0 Å². The van der Waals surface area contributed by atoms with E-state index in [1.807, 2.05) is 12.1 Å². The number of rotatable bonds is 21. The Morgan fingerprint density at radius 3 is 2.18 bits per heavy atom. The topological polar surface area (TPSA) is 98.8 Å². The van der Waals surface area contributed by atoms with Crippen LogP contribution in [0.25, 0.3) is 0 Å². The van der Waals surface area contributed by atoms with Crippen LogP contribution >= 0.6 is 0 Å². The maximum absolute atomic E-state index is 14.1. The van der Waals surface area contributed by atoms with Gasteiger partial charge in [-0.15, -0.1) is 6.58 Å². The molecule has 3 heterocycles. The molecular formula is C48H80O9SSi2. The molecule has 0 bridgehead atoms. The van der Waals surface area contributed by atoms with Crippen molar-refractivity contribution in [1.82, 2.24) is 0 Å². The second kappa shape index (κ2) is 21.3. The molecule has 0 aliphatic carbocycles. The molecule has 1 aromatic carbocycles. The van der Waals surface area contributed by atoms with Crippen LogP contribution in [0.2, 0.25) is 36.3 Å². The summed E-state index contributed by atoms with van der Waals surface area (Å²) in [6.07, 6.45) is 8.11. The van der Waals surface area contributed by atoms with Crippen LogP contribution in [-0.2, 0) is 42.4 Å². The van der Waals surface area contributed by atoms with Gasteiger partial charge in [0.25, 0.3) is 0 Å². The van der Waals surface area contributed by atoms with Gasteiger partial charge in [-0.2, -0.15) is 0 Å². The van der Waals surface area contributed by atoms with Crippen molar-refractivity contribution in [2.75, 3.05) is 32.7 Å². The lowest BCUT2D eigenvalue weighted by atomic mass is 9.83. The molecule has 4 rings (SSSR count). The molecule has 340 valence electrons. The zero-order valence-electron chi connectivity index (χ0n) is 39.2. The van der Waals surface area contributed by atoms with Crippen molar-refractivity contribution in [1.29, 1.82) is 0 Å². The van der Waals surface area contributed by atoms with E-state index >= 15 is 0 Å². The average molecular weight is 889 g/mol.